The Morgan fingerprint density at radius 1 is 1.14 bits per heavy atom. The summed E-state index contributed by atoms with van der Waals surface area (Å²) in [4.78, 5) is 22.9. The van der Waals surface area contributed by atoms with Crippen LogP contribution in [0.15, 0.2) is 73.1 Å². The lowest BCUT2D eigenvalue weighted by atomic mass is 10.0. The Labute approximate surface area is 196 Å². The number of nitrogens with zero attached hydrogens (tertiary/aromatic N) is 5. The zero-order valence-corrected chi connectivity index (χ0v) is 17.7. The van der Waals surface area contributed by atoms with E-state index in [2.05, 4.69) is 25.2 Å². The van der Waals surface area contributed by atoms with Crippen LogP contribution in [0.2, 0.25) is 0 Å². The largest absolute Gasteiger partial charge is 0.478 e. The molecule has 8 nitrogen and oxygen atoms in total. The van der Waals surface area contributed by atoms with Crippen molar-refractivity contribution in [2.45, 2.75) is 6.18 Å². The number of nitrogens with one attached hydrogen (secondary N) is 1. The van der Waals surface area contributed by atoms with Crippen molar-refractivity contribution in [3.05, 3.63) is 95.7 Å². The summed E-state index contributed by atoms with van der Waals surface area (Å²) in [6.45, 7) is 7.14. The molecule has 174 valence electrons. The van der Waals surface area contributed by atoms with E-state index in [1.165, 1.54) is 12.3 Å². The zero-order chi connectivity index (χ0) is 25.0. The molecule has 0 saturated heterocycles. The third-order valence-electron chi connectivity index (χ3n) is 4.71. The fraction of sp³-hybridized carbons (Fsp3) is 0.0417. The van der Waals surface area contributed by atoms with Crippen LogP contribution < -0.4 is 5.32 Å². The molecule has 0 aliphatic rings. The first-order chi connectivity index (χ1) is 16.7. The number of aromatic nitrogens is 4. The lowest BCUT2D eigenvalue weighted by Crippen LogP contribution is -2.09. The number of halogens is 3. The van der Waals surface area contributed by atoms with E-state index in [-0.39, 0.29) is 11.8 Å². The van der Waals surface area contributed by atoms with Crippen LogP contribution in [0, 0.1) is 6.57 Å². The van der Waals surface area contributed by atoms with Crippen LogP contribution in [0.4, 0.5) is 30.5 Å². The molecule has 11 heteroatoms. The minimum absolute atomic E-state index is 0.0682. The van der Waals surface area contributed by atoms with Crippen LogP contribution >= 0.6 is 0 Å². The summed E-state index contributed by atoms with van der Waals surface area (Å²) in [5.41, 5.74) is 1.30. The van der Waals surface area contributed by atoms with Gasteiger partial charge in [0.15, 0.2) is 17.2 Å². The number of rotatable bonds is 6. The molecule has 35 heavy (non-hydrogen) atoms. The van der Waals surface area contributed by atoms with Crippen molar-refractivity contribution in [1.29, 1.82) is 0 Å². The van der Waals surface area contributed by atoms with Gasteiger partial charge in [-0.2, -0.15) is 23.3 Å². The van der Waals surface area contributed by atoms with Crippen LogP contribution in [0.5, 0.6) is 0 Å². The van der Waals surface area contributed by atoms with Crippen LogP contribution in [-0.4, -0.2) is 30.8 Å². The first-order valence-electron chi connectivity index (χ1n) is 9.99. The van der Waals surface area contributed by atoms with Crippen molar-refractivity contribution in [1.82, 2.24) is 19.7 Å². The van der Waals surface area contributed by atoms with Crippen LogP contribution in [0.1, 0.15) is 11.3 Å². The molecule has 0 amide bonds. The van der Waals surface area contributed by atoms with Crippen molar-refractivity contribution in [3.8, 4) is 16.9 Å². The summed E-state index contributed by atoms with van der Waals surface area (Å²) in [5.74, 6) is -0.969. The third kappa shape index (κ3) is 5.51. The highest BCUT2D eigenvalue weighted by atomic mass is 19.4. The van der Waals surface area contributed by atoms with Gasteiger partial charge in [0, 0.05) is 29.7 Å². The molecule has 0 fully saturated rings. The average Bonchev–Trinajstić information content (AvgIpc) is 3.34. The number of benzene rings is 2. The fourth-order valence-electron chi connectivity index (χ4n) is 3.16. The predicted molar refractivity (Wildman–Crippen MR) is 122 cm³/mol. The Kier molecular flexibility index (Phi) is 6.28. The van der Waals surface area contributed by atoms with Crippen molar-refractivity contribution in [3.63, 3.8) is 0 Å². The molecule has 2 aromatic carbocycles. The Balaban J connectivity index is 1.80. The molecule has 0 unspecified atom stereocenters. The van der Waals surface area contributed by atoms with Gasteiger partial charge in [-0.3, -0.25) is 0 Å². The van der Waals surface area contributed by atoms with Crippen molar-refractivity contribution >= 4 is 29.4 Å². The van der Waals surface area contributed by atoms with E-state index >= 15 is 0 Å². The second kappa shape index (κ2) is 9.48. The molecule has 0 saturated carbocycles. The third-order valence-corrected chi connectivity index (χ3v) is 4.71. The summed E-state index contributed by atoms with van der Waals surface area (Å²) in [6.07, 6.45) is 0.304. The smallest absolute Gasteiger partial charge is 0.435 e. The maximum absolute atomic E-state index is 13.2. The molecule has 0 bridgehead atoms. The van der Waals surface area contributed by atoms with Gasteiger partial charge < -0.3 is 10.4 Å². The van der Waals surface area contributed by atoms with E-state index in [0.29, 0.717) is 28.1 Å². The molecule has 4 rings (SSSR count). The maximum Gasteiger partial charge on any atom is 0.435 e. The highest BCUT2D eigenvalue weighted by Gasteiger charge is 2.34. The van der Waals surface area contributed by atoms with Gasteiger partial charge in [-0.05, 0) is 41.5 Å². The molecule has 0 aliphatic carbocycles. The number of carboxylic acid groups (broad SMARTS) is 1. The summed E-state index contributed by atoms with van der Waals surface area (Å²) in [6, 6.07) is 14.1. The monoisotopic (exact) mass is 476 g/mol. The normalized spacial score (nSPS) is 11.4. The lowest BCUT2D eigenvalue weighted by molar-refractivity contribution is -0.141. The molecule has 0 atom stereocenters. The van der Waals surface area contributed by atoms with Gasteiger partial charge in [0.05, 0.1) is 6.57 Å². The molecule has 2 N–H and O–H groups in total. The first-order valence-corrected chi connectivity index (χ1v) is 9.99. The first kappa shape index (κ1) is 23.2. The molecular weight excluding hydrogens is 461 g/mol. The van der Waals surface area contributed by atoms with E-state index in [1.807, 2.05) is 0 Å². The van der Waals surface area contributed by atoms with Gasteiger partial charge in [0.2, 0.25) is 5.95 Å². The van der Waals surface area contributed by atoms with Gasteiger partial charge in [-0.1, -0.05) is 30.3 Å². The second-order valence-corrected chi connectivity index (χ2v) is 7.16. The number of hydrogen-bond acceptors (Lipinski definition) is 5. The summed E-state index contributed by atoms with van der Waals surface area (Å²) >= 11 is 0. The lowest BCUT2D eigenvalue weighted by Gasteiger charge is -2.12. The number of carbonyl (C=O) groups is 1. The van der Waals surface area contributed by atoms with Gasteiger partial charge in [0.25, 0.3) is 0 Å². The highest BCUT2D eigenvalue weighted by Crippen LogP contribution is 2.31. The number of anilines is 2. The molecule has 2 heterocycles. The Morgan fingerprint density at radius 3 is 2.66 bits per heavy atom. The van der Waals surface area contributed by atoms with Gasteiger partial charge >= 0.3 is 12.1 Å². The van der Waals surface area contributed by atoms with Gasteiger partial charge in [-0.15, -0.1) is 0 Å². The molecular formula is C24H15F3N6O2. The van der Waals surface area contributed by atoms with Crippen LogP contribution in [0.25, 0.3) is 27.9 Å². The van der Waals surface area contributed by atoms with Gasteiger partial charge in [-0.25, -0.2) is 19.3 Å². The summed E-state index contributed by atoms with van der Waals surface area (Å²) < 4.78 is 40.5. The molecule has 0 aliphatic heterocycles. The Bertz CT molecular complexity index is 1470. The van der Waals surface area contributed by atoms with E-state index in [1.54, 1.807) is 48.5 Å². The van der Waals surface area contributed by atoms with Gasteiger partial charge in [0.1, 0.15) is 0 Å². The second-order valence-electron chi connectivity index (χ2n) is 7.16. The van der Waals surface area contributed by atoms with E-state index in [0.717, 1.165) is 23.0 Å². The summed E-state index contributed by atoms with van der Waals surface area (Å²) in [7, 11) is 0. The Hall–Kier alpha value is -4.98. The Morgan fingerprint density at radius 2 is 1.94 bits per heavy atom. The molecule has 0 spiro atoms. The number of aliphatic carboxylic acids is 1. The molecule has 0 radical (unpaired) electrons. The zero-order valence-electron chi connectivity index (χ0n) is 17.7. The van der Waals surface area contributed by atoms with Crippen LogP contribution in [-0.2, 0) is 11.0 Å². The maximum atomic E-state index is 13.2. The van der Waals surface area contributed by atoms with Crippen molar-refractivity contribution < 1.29 is 23.1 Å². The minimum atomic E-state index is -4.64. The standard InChI is InChI=1S/C24H15F3N6O2/c1-28-17-6-3-7-18(13-17)30-23-29-14-19(16-5-2-4-15(12-16)8-9-21(34)35)22(31-23)33-11-10-20(32-33)24(25,26)27/h2-14H,(H,34,35)(H,29,30,31). The average molecular weight is 476 g/mol. The van der Waals surface area contributed by atoms with Crippen molar-refractivity contribution in [2.75, 3.05) is 5.32 Å². The van der Waals surface area contributed by atoms with Crippen molar-refractivity contribution in [2.24, 2.45) is 0 Å². The van der Waals surface area contributed by atoms with Crippen LogP contribution in [0.3, 0.4) is 0 Å². The number of hydrogen-bond donors (Lipinski definition) is 2. The number of carboxylic acids is 1. The fourth-order valence-corrected chi connectivity index (χ4v) is 3.16. The quantitative estimate of drug-likeness (QED) is 0.272. The van der Waals surface area contributed by atoms with E-state index in [9.17, 15) is 18.0 Å². The SMILES string of the molecule is [C-]#[N+]c1cccc(Nc2ncc(-c3cccc(C=CC(=O)O)c3)c(-n3ccc(C(F)(F)F)n3)n2)c1. The molecule has 4 aromatic rings. The van der Waals surface area contributed by atoms with E-state index < -0.39 is 17.8 Å². The minimum Gasteiger partial charge on any atom is -0.478 e. The van der Waals surface area contributed by atoms with E-state index in [4.69, 9.17) is 11.7 Å². The number of alkyl halides is 3. The highest BCUT2D eigenvalue weighted by molar-refractivity contribution is 5.86. The summed E-state index contributed by atoms with van der Waals surface area (Å²) in [5, 5.41) is 15.5. The molecule has 2 aromatic heterocycles. The predicted octanol–water partition coefficient (Wildman–Crippen LogP) is 5.74. The topological polar surface area (TPSA) is 97.3 Å².